The predicted octanol–water partition coefficient (Wildman–Crippen LogP) is 2.82. The average Bonchev–Trinajstić information content (AvgIpc) is 3.00. The Morgan fingerprint density at radius 1 is 1.29 bits per heavy atom. The second-order valence-corrected chi connectivity index (χ2v) is 3.56. The number of allylic oxidation sites excluding steroid dienone is 1. The van der Waals surface area contributed by atoms with Crippen molar-refractivity contribution in [2.24, 2.45) is 5.92 Å². The van der Waals surface area contributed by atoms with Gasteiger partial charge in [-0.15, -0.1) is 0 Å². The normalized spacial score (nSPS) is 16.1. The van der Waals surface area contributed by atoms with E-state index in [9.17, 15) is 9.18 Å². The van der Waals surface area contributed by atoms with E-state index in [1.54, 1.807) is 24.3 Å². The molecule has 1 aromatic carbocycles. The van der Waals surface area contributed by atoms with Crippen molar-refractivity contribution < 1.29 is 9.18 Å². The Hall–Kier alpha value is -1.44. The molecule has 0 bridgehead atoms. The van der Waals surface area contributed by atoms with Crippen LogP contribution in [0, 0.1) is 11.7 Å². The van der Waals surface area contributed by atoms with Crippen LogP contribution in [-0.2, 0) is 4.79 Å². The Balaban J connectivity index is 2.02. The highest BCUT2D eigenvalue weighted by atomic mass is 19.1. The molecule has 1 nitrogen and oxygen atoms in total. The molecule has 0 atom stereocenters. The van der Waals surface area contributed by atoms with E-state index in [4.69, 9.17) is 0 Å². The third-order valence-electron chi connectivity index (χ3n) is 2.29. The summed E-state index contributed by atoms with van der Waals surface area (Å²) in [5.41, 5.74) is 0.861. The van der Waals surface area contributed by atoms with Crippen molar-refractivity contribution in [3.05, 3.63) is 41.7 Å². The highest BCUT2D eigenvalue weighted by Gasteiger charge is 2.27. The van der Waals surface area contributed by atoms with E-state index in [2.05, 4.69) is 0 Å². The minimum atomic E-state index is -0.254. The Kier molecular flexibility index (Phi) is 2.44. The third-order valence-corrected chi connectivity index (χ3v) is 2.29. The van der Waals surface area contributed by atoms with Crippen LogP contribution in [0.3, 0.4) is 0 Å². The molecule has 1 aliphatic carbocycles. The minimum absolute atomic E-state index is 0.189. The van der Waals surface area contributed by atoms with Gasteiger partial charge >= 0.3 is 0 Å². The molecular weight excluding hydrogens is 179 g/mol. The maximum Gasteiger partial charge on any atom is 0.158 e. The van der Waals surface area contributed by atoms with Gasteiger partial charge in [-0.25, -0.2) is 4.39 Å². The Morgan fingerprint density at radius 2 is 1.93 bits per heavy atom. The molecule has 14 heavy (non-hydrogen) atoms. The number of carbonyl (C=O) groups is 1. The second kappa shape index (κ2) is 3.74. The highest BCUT2D eigenvalue weighted by molar-refractivity contribution is 5.96. The molecule has 1 saturated carbocycles. The molecule has 0 aromatic heterocycles. The molecule has 0 unspecified atom stereocenters. The van der Waals surface area contributed by atoms with Crippen molar-refractivity contribution in [2.45, 2.75) is 12.8 Å². The number of hydrogen-bond donors (Lipinski definition) is 0. The smallest absolute Gasteiger partial charge is 0.158 e. The van der Waals surface area contributed by atoms with E-state index >= 15 is 0 Å². The summed E-state index contributed by atoms with van der Waals surface area (Å²) in [7, 11) is 0. The van der Waals surface area contributed by atoms with Crippen molar-refractivity contribution >= 4 is 11.9 Å². The fraction of sp³-hybridized carbons (Fsp3) is 0.250. The van der Waals surface area contributed by atoms with Crippen LogP contribution in [0.25, 0.3) is 6.08 Å². The Morgan fingerprint density at radius 3 is 2.50 bits per heavy atom. The fourth-order valence-electron chi connectivity index (χ4n) is 1.26. The lowest BCUT2D eigenvalue weighted by molar-refractivity contribution is -0.115. The first-order chi connectivity index (χ1) is 6.75. The molecule has 0 aliphatic heterocycles. The van der Waals surface area contributed by atoms with Crippen molar-refractivity contribution in [3.63, 3.8) is 0 Å². The number of rotatable bonds is 3. The molecule has 0 saturated heterocycles. The van der Waals surface area contributed by atoms with Crippen molar-refractivity contribution in [2.75, 3.05) is 0 Å². The Labute approximate surface area is 82.3 Å². The summed E-state index contributed by atoms with van der Waals surface area (Å²) >= 11 is 0. The first-order valence-corrected chi connectivity index (χ1v) is 4.73. The molecule has 72 valence electrons. The second-order valence-electron chi connectivity index (χ2n) is 3.56. The van der Waals surface area contributed by atoms with Gasteiger partial charge in [-0.05, 0) is 36.6 Å². The molecule has 0 N–H and O–H groups in total. The van der Waals surface area contributed by atoms with Crippen LogP contribution in [0.4, 0.5) is 4.39 Å². The van der Waals surface area contributed by atoms with Gasteiger partial charge in [0.2, 0.25) is 0 Å². The molecule has 0 spiro atoms. The maximum atomic E-state index is 12.5. The van der Waals surface area contributed by atoms with Crippen molar-refractivity contribution in [1.82, 2.24) is 0 Å². The Bertz CT molecular complexity index is 360. The topological polar surface area (TPSA) is 17.1 Å². The lowest BCUT2D eigenvalue weighted by Gasteiger charge is -1.92. The summed E-state index contributed by atoms with van der Waals surface area (Å²) in [5.74, 6) is 0.191. The lowest BCUT2D eigenvalue weighted by Crippen LogP contribution is -1.93. The minimum Gasteiger partial charge on any atom is -0.295 e. The molecule has 1 aromatic rings. The SMILES string of the molecule is O=C(C=Cc1ccc(F)cc1)C1CC1. The van der Waals surface area contributed by atoms with Crippen LogP contribution in [0.5, 0.6) is 0 Å². The van der Waals surface area contributed by atoms with Gasteiger partial charge < -0.3 is 0 Å². The van der Waals surface area contributed by atoms with E-state index in [-0.39, 0.29) is 17.5 Å². The number of halogens is 1. The first-order valence-electron chi connectivity index (χ1n) is 4.73. The summed E-state index contributed by atoms with van der Waals surface area (Å²) in [6, 6.07) is 6.10. The van der Waals surface area contributed by atoms with Gasteiger partial charge in [0.05, 0.1) is 0 Å². The molecule has 1 fully saturated rings. The van der Waals surface area contributed by atoms with Crippen LogP contribution in [-0.4, -0.2) is 5.78 Å². The number of carbonyl (C=O) groups excluding carboxylic acids is 1. The molecule has 2 heteroatoms. The molecule has 2 rings (SSSR count). The summed E-state index contributed by atoms with van der Waals surface area (Å²) in [6.07, 6.45) is 5.37. The fourth-order valence-corrected chi connectivity index (χ4v) is 1.26. The molecule has 0 radical (unpaired) electrons. The molecule has 0 heterocycles. The van der Waals surface area contributed by atoms with Gasteiger partial charge in [0.25, 0.3) is 0 Å². The van der Waals surface area contributed by atoms with Gasteiger partial charge in [0.15, 0.2) is 5.78 Å². The van der Waals surface area contributed by atoms with Gasteiger partial charge in [-0.1, -0.05) is 18.2 Å². The van der Waals surface area contributed by atoms with E-state index in [0.717, 1.165) is 18.4 Å². The third kappa shape index (κ3) is 2.28. The van der Waals surface area contributed by atoms with Gasteiger partial charge in [-0.3, -0.25) is 4.79 Å². The highest BCUT2D eigenvalue weighted by Crippen LogP contribution is 2.30. The summed E-state index contributed by atoms with van der Waals surface area (Å²) < 4.78 is 12.5. The zero-order chi connectivity index (χ0) is 9.97. The summed E-state index contributed by atoms with van der Waals surface area (Å²) in [6.45, 7) is 0. The monoisotopic (exact) mass is 190 g/mol. The quantitative estimate of drug-likeness (QED) is 0.670. The first kappa shape index (κ1) is 9.13. The molecular formula is C12H11FO. The van der Waals surface area contributed by atoms with Gasteiger partial charge in [0.1, 0.15) is 5.82 Å². The van der Waals surface area contributed by atoms with Gasteiger partial charge in [-0.2, -0.15) is 0 Å². The van der Waals surface area contributed by atoms with Gasteiger partial charge in [0, 0.05) is 5.92 Å². The summed E-state index contributed by atoms with van der Waals surface area (Å²) in [4.78, 5) is 11.3. The van der Waals surface area contributed by atoms with E-state index in [0.29, 0.717) is 0 Å². The number of benzene rings is 1. The van der Waals surface area contributed by atoms with Crippen LogP contribution < -0.4 is 0 Å². The molecule has 0 amide bonds. The average molecular weight is 190 g/mol. The van der Waals surface area contributed by atoms with E-state index in [1.165, 1.54) is 12.1 Å². The summed E-state index contributed by atoms with van der Waals surface area (Å²) in [5, 5.41) is 0. The largest absolute Gasteiger partial charge is 0.295 e. The standard InChI is InChI=1S/C12H11FO/c13-11-6-1-9(2-7-11)3-8-12(14)10-4-5-10/h1-3,6-8,10H,4-5H2. The van der Waals surface area contributed by atoms with Crippen LogP contribution in [0.15, 0.2) is 30.3 Å². The number of ketones is 1. The maximum absolute atomic E-state index is 12.5. The lowest BCUT2D eigenvalue weighted by atomic mass is 10.1. The van der Waals surface area contributed by atoms with Crippen molar-refractivity contribution in [1.29, 1.82) is 0 Å². The van der Waals surface area contributed by atoms with Crippen LogP contribution in [0.1, 0.15) is 18.4 Å². The van der Waals surface area contributed by atoms with E-state index in [1.807, 2.05) is 0 Å². The van der Waals surface area contributed by atoms with Crippen molar-refractivity contribution in [3.8, 4) is 0 Å². The number of hydrogen-bond acceptors (Lipinski definition) is 1. The zero-order valence-electron chi connectivity index (χ0n) is 7.74. The zero-order valence-corrected chi connectivity index (χ0v) is 7.74. The van der Waals surface area contributed by atoms with Crippen LogP contribution >= 0.6 is 0 Å². The predicted molar refractivity (Wildman–Crippen MR) is 53.2 cm³/mol. The van der Waals surface area contributed by atoms with Crippen LogP contribution in [0.2, 0.25) is 0 Å². The molecule has 1 aliphatic rings. The van der Waals surface area contributed by atoms with E-state index < -0.39 is 0 Å².